The highest BCUT2D eigenvalue weighted by Gasteiger charge is 2.23. The van der Waals surface area contributed by atoms with E-state index in [9.17, 15) is 0 Å². The third-order valence-electron chi connectivity index (χ3n) is 6.71. The summed E-state index contributed by atoms with van der Waals surface area (Å²) in [5.74, 6) is 1.60. The van der Waals surface area contributed by atoms with E-state index in [0.717, 1.165) is 86.2 Å². The number of rotatable bonds is 5. The number of benzene rings is 1. The van der Waals surface area contributed by atoms with Crippen molar-refractivity contribution < 1.29 is 9.72 Å². The third-order valence-corrected chi connectivity index (χ3v) is 6.71. The van der Waals surface area contributed by atoms with Crippen LogP contribution in [0.15, 0.2) is 48.9 Å². The summed E-state index contributed by atoms with van der Waals surface area (Å²) in [7, 11) is 0. The summed E-state index contributed by atoms with van der Waals surface area (Å²) < 4.78 is 5.48. The SMILES string of the molecule is NC1CCN(c2ccc(-c3nc(Nc4cccc(N5CCOCC5)c4)nc4nc[nH]c34)c[nH+]2)CC1. The van der Waals surface area contributed by atoms with E-state index in [0.29, 0.717) is 17.6 Å². The van der Waals surface area contributed by atoms with E-state index in [1.807, 2.05) is 18.3 Å². The molecule has 0 spiro atoms. The lowest BCUT2D eigenvalue weighted by molar-refractivity contribution is -0.363. The number of aromatic amines is 2. The van der Waals surface area contributed by atoms with E-state index in [4.69, 9.17) is 15.5 Å². The zero-order valence-corrected chi connectivity index (χ0v) is 19.6. The Hall–Kier alpha value is -3.76. The van der Waals surface area contributed by atoms with Crippen LogP contribution in [0, 0.1) is 0 Å². The van der Waals surface area contributed by atoms with Crippen molar-refractivity contribution in [3.63, 3.8) is 0 Å². The maximum absolute atomic E-state index is 6.06. The van der Waals surface area contributed by atoms with Gasteiger partial charge in [-0.3, -0.25) is 4.90 Å². The van der Waals surface area contributed by atoms with Gasteiger partial charge >= 0.3 is 0 Å². The van der Waals surface area contributed by atoms with Crippen LogP contribution in [0.2, 0.25) is 0 Å². The van der Waals surface area contributed by atoms with Gasteiger partial charge in [-0.25, -0.2) is 15.0 Å². The summed E-state index contributed by atoms with van der Waals surface area (Å²) in [5.41, 5.74) is 11.3. The molecule has 1 aromatic carbocycles. The maximum atomic E-state index is 6.06. The first-order valence-corrected chi connectivity index (χ1v) is 12.2. The first-order chi connectivity index (χ1) is 17.2. The van der Waals surface area contributed by atoms with Crippen molar-refractivity contribution in [2.45, 2.75) is 18.9 Å². The highest BCUT2D eigenvalue weighted by atomic mass is 16.5. The maximum Gasteiger partial charge on any atom is 0.274 e. The Morgan fingerprint density at radius 3 is 2.69 bits per heavy atom. The van der Waals surface area contributed by atoms with Gasteiger partial charge in [-0.2, -0.15) is 4.98 Å². The quantitative estimate of drug-likeness (QED) is 0.405. The molecule has 2 aliphatic rings. The van der Waals surface area contributed by atoms with E-state index in [1.54, 1.807) is 6.33 Å². The number of hydrogen-bond donors (Lipinski definition) is 3. The average Bonchev–Trinajstić information content (AvgIpc) is 3.38. The van der Waals surface area contributed by atoms with Gasteiger partial charge in [0.25, 0.3) is 5.82 Å². The van der Waals surface area contributed by atoms with E-state index in [-0.39, 0.29) is 0 Å². The zero-order valence-electron chi connectivity index (χ0n) is 19.6. The summed E-state index contributed by atoms with van der Waals surface area (Å²) in [6.07, 6.45) is 5.67. The monoisotopic (exact) mass is 472 g/mol. The third kappa shape index (κ3) is 4.62. The Bertz CT molecular complexity index is 1290. The van der Waals surface area contributed by atoms with Gasteiger partial charge in [0.2, 0.25) is 5.95 Å². The standard InChI is InChI=1S/C25H29N9O/c26-18-6-8-34(9-7-18)21-5-4-17(15-27-21)22-23-24(29-16-28-23)32-25(31-22)30-19-2-1-3-20(14-19)33-10-12-35-13-11-33/h1-5,14-16,18H,6-13,26H2,(H2,28,29,30,31,32)/p+1. The molecule has 0 atom stereocenters. The molecule has 10 nitrogen and oxygen atoms in total. The Balaban J connectivity index is 1.27. The van der Waals surface area contributed by atoms with Gasteiger partial charge in [-0.1, -0.05) is 6.07 Å². The molecule has 0 aliphatic carbocycles. The topological polar surface area (TPSA) is 122 Å². The minimum Gasteiger partial charge on any atom is -0.378 e. The number of aromatic nitrogens is 5. The van der Waals surface area contributed by atoms with Crippen LogP contribution in [0.3, 0.4) is 0 Å². The fourth-order valence-corrected chi connectivity index (χ4v) is 4.73. The molecule has 0 unspecified atom stereocenters. The molecule has 5 N–H and O–H groups in total. The van der Waals surface area contributed by atoms with Crippen LogP contribution in [0.4, 0.5) is 23.1 Å². The van der Waals surface area contributed by atoms with Gasteiger partial charge < -0.3 is 25.7 Å². The highest BCUT2D eigenvalue weighted by molar-refractivity contribution is 5.88. The number of morpholine rings is 1. The van der Waals surface area contributed by atoms with Crippen molar-refractivity contribution in [2.24, 2.45) is 5.73 Å². The zero-order chi connectivity index (χ0) is 23.6. The van der Waals surface area contributed by atoms with Crippen LogP contribution in [0.1, 0.15) is 12.8 Å². The molecule has 180 valence electrons. The molecule has 0 bridgehead atoms. The average molecular weight is 473 g/mol. The molecule has 10 heteroatoms. The van der Waals surface area contributed by atoms with Crippen molar-refractivity contribution in [1.82, 2.24) is 19.9 Å². The molecule has 35 heavy (non-hydrogen) atoms. The number of imidazole rings is 1. The second-order valence-electron chi connectivity index (χ2n) is 9.06. The van der Waals surface area contributed by atoms with E-state index >= 15 is 0 Å². The first-order valence-electron chi connectivity index (χ1n) is 12.2. The summed E-state index contributed by atoms with van der Waals surface area (Å²) >= 11 is 0. The van der Waals surface area contributed by atoms with Crippen molar-refractivity contribution in [2.75, 3.05) is 54.5 Å². The number of piperidine rings is 1. The molecule has 0 amide bonds. The summed E-state index contributed by atoms with van der Waals surface area (Å²) in [6.45, 7) is 5.21. The predicted molar refractivity (Wildman–Crippen MR) is 136 cm³/mol. The summed E-state index contributed by atoms with van der Waals surface area (Å²) in [6, 6.07) is 12.8. The van der Waals surface area contributed by atoms with Crippen LogP contribution in [0.25, 0.3) is 22.4 Å². The van der Waals surface area contributed by atoms with Gasteiger partial charge in [0.05, 0.1) is 38.8 Å². The number of nitrogens with two attached hydrogens (primary N) is 1. The second kappa shape index (κ2) is 9.47. The summed E-state index contributed by atoms with van der Waals surface area (Å²) in [4.78, 5) is 25.2. The first kappa shape index (κ1) is 21.8. The Labute approximate surface area is 203 Å². The number of fused-ring (bicyclic) bond motifs is 1. The fourth-order valence-electron chi connectivity index (χ4n) is 4.73. The number of nitrogens with zero attached hydrogens (tertiary/aromatic N) is 5. The lowest BCUT2D eigenvalue weighted by Gasteiger charge is -2.29. The number of nitrogens with one attached hydrogen (secondary N) is 3. The van der Waals surface area contributed by atoms with Crippen LogP contribution >= 0.6 is 0 Å². The van der Waals surface area contributed by atoms with E-state index in [1.165, 1.54) is 0 Å². The van der Waals surface area contributed by atoms with E-state index in [2.05, 4.69) is 59.3 Å². The Kier molecular flexibility index (Phi) is 5.89. The smallest absolute Gasteiger partial charge is 0.274 e. The van der Waals surface area contributed by atoms with Gasteiger partial charge in [0, 0.05) is 55.0 Å². The number of H-pyrrole nitrogens is 2. The molecule has 5 heterocycles. The number of pyridine rings is 1. The molecule has 2 fully saturated rings. The van der Waals surface area contributed by atoms with Crippen molar-refractivity contribution in [3.8, 4) is 11.3 Å². The van der Waals surface area contributed by atoms with Gasteiger partial charge in [0.15, 0.2) is 5.65 Å². The molecular formula is C25H30N9O+. The van der Waals surface area contributed by atoms with Crippen LogP contribution in [0.5, 0.6) is 0 Å². The summed E-state index contributed by atoms with van der Waals surface area (Å²) in [5, 5.41) is 3.38. The Morgan fingerprint density at radius 1 is 1.03 bits per heavy atom. The van der Waals surface area contributed by atoms with Crippen molar-refractivity contribution in [3.05, 3.63) is 48.9 Å². The predicted octanol–water partition coefficient (Wildman–Crippen LogP) is 2.34. The Morgan fingerprint density at radius 2 is 1.89 bits per heavy atom. The molecule has 4 aromatic rings. The molecule has 0 radical (unpaired) electrons. The largest absolute Gasteiger partial charge is 0.378 e. The fraction of sp³-hybridized carbons (Fsp3) is 0.360. The number of ether oxygens (including phenoxy) is 1. The minimum absolute atomic E-state index is 0.306. The molecule has 3 aromatic heterocycles. The minimum atomic E-state index is 0.306. The van der Waals surface area contributed by atoms with Crippen LogP contribution < -0.4 is 25.8 Å². The molecular weight excluding hydrogens is 442 g/mol. The van der Waals surface area contributed by atoms with Gasteiger partial charge in [0.1, 0.15) is 11.2 Å². The van der Waals surface area contributed by atoms with Crippen LogP contribution in [-0.4, -0.2) is 65.4 Å². The normalized spacial score (nSPS) is 17.2. The lowest BCUT2D eigenvalue weighted by atomic mass is 10.1. The van der Waals surface area contributed by atoms with E-state index < -0.39 is 0 Å². The molecule has 2 saturated heterocycles. The second-order valence-corrected chi connectivity index (χ2v) is 9.06. The van der Waals surface area contributed by atoms with Crippen molar-refractivity contribution in [1.29, 1.82) is 0 Å². The molecule has 0 saturated carbocycles. The number of anilines is 4. The lowest BCUT2D eigenvalue weighted by Crippen LogP contribution is -2.41. The molecule has 2 aliphatic heterocycles. The van der Waals surface area contributed by atoms with Gasteiger partial charge in [-0.05, 0) is 24.3 Å². The van der Waals surface area contributed by atoms with Gasteiger partial charge in [-0.15, -0.1) is 0 Å². The van der Waals surface area contributed by atoms with Crippen molar-refractivity contribution >= 4 is 34.3 Å². The molecule has 6 rings (SSSR count). The van der Waals surface area contributed by atoms with Crippen LogP contribution in [-0.2, 0) is 4.74 Å². The highest BCUT2D eigenvalue weighted by Crippen LogP contribution is 2.28. The number of hydrogen-bond acceptors (Lipinski definition) is 8.